The lowest BCUT2D eigenvalue weighted by Crippen LogP contribution is -2.40. The molecule has 0 heterocycles. The van der Waals surface area contributed by atoms with E-state index in [4.69, 9.17) is 4.74 Å². The molecule has 0 radical (unpaired) electrons. The molecule has 0 aliphatic carbocycles. The van der Waals surface area contributed by atoms with Gasteiger partial charge >= 0.3 is 0 Å². The number of hydrogen-bond donors (Lipinski definition) is 2. The number of likely N-dealkylation sites (N-methyl/N-ethyl adjacent to an activating group) is 1. The maximum Gasteiger partial charge on any atom is 0.0791 e. The van der Waals surface area contributed by atoms with E-state index in [1.54, 1.807) is 0 Å². The van der Waals surface area contributed by atoms with Gasteiger partial charge in [-0.15, -0.1) is 0 Å². The summed E-state index contributed by atoms with van der Waals surface area (Å²) < 4.78 is 5.39. The maximum absolute atomic E-state index is 9.78. The molecule has 4 nitrogen and oxygen atoms in total. The van der Waals surface area contributed by atoms with Crippen molar-refractivity contribution >= 4 is 0 Å². The summed E-state index contributed by atoms with van der Waals surface area (Å²) in [7, 11) is 0. The highest BCUT2D eigenvalue weighted by atomic mass is 16.5. The number of rotatable bonds is 10. The number of ether oxygens (including phenoxy) is 1. The summed E-state index contributed by atoms with van der Waals surface area (Å²) in [5.41, 5.74) is 0. The van der Waals surface area contributed by atoms with Crippen LogP contribution in [0.3, 0.4) is 0 Å². The van der Waals surface area contributed by atoms with E-state index in [2.05, 4.69) is 24.1 Å². The van der Waals surface area contributed by atoms with Gasteiger partial charge in [-0.25, -0.2) is 0 Å². The van der Waals surface area contributed by atoms with Crippen molar-refractivity contribution < 1.29 is 9.84 Å². The van der Waals surface area contributed by atoms with E-state index in [9.17, 15) is 5.11 Å². The Balaban J connectivity index is 3.53. The highest BCUT2D eigenvalue weighted by Gasteiger charge is 2.09. The van der Waals surface area contributed by atoms with Gasteiger partial charge in [0.2, 0.25) is 0 Å². The largest absolute Gasteiger partial charge is 0.390 e. The van der Waals surface area contributed by atoms with Gasteiger partial charge in [0.25, 0.3) is 0 Å². The summed E-state index contributed by atoms with van der Waals surface area (Å²) in [4.78, 5) is 2.22. The van der Waals surface area contributed by atoms with Gasteiger partial charge in [0, 0.05) is 26.2 Å². The van der Waals surface area contributed by atoms with Crippen LogP contribution in [-0.4, -0.2) is 61.5 Å². The first-order valence-electron chi connectivity index (χ1n) is 6.36. The molecule has 0 saturated heterocycles. The van der Waals surface area contributed by atoms with Crippen molar-refractivity contribution in [2.45, 2.75) is 39.9 Å². The van der Waals surface area contributed by atoms with Crippen LogP contribution < -0.4 is 5.32 Å². The Morgan fingerprint density at radius 2 is 1.81 bits per heavy atom. The fourth-order valence-electron chi connectivity index (χ4n) is 1.64. The molecule has 98 valence electrons. The molecule has 2 atom stereocenters. The summed E-state index contributed by atoms with van der Waals surface area (Å²) in [6.07, 6.45) is -0.0839. The molecule has 0 fully saturated rings. The molecule has 4 heteroatoms. The summed E-state index contributed by atoms with van der Waals surface area (Å²) in [6, 6.07) is 0. The molecule has 0 aromatic rings. The summed E-state index contributed by atoms with van der Waals surface area (Å²) >= 11 is 0. The van der Waals surface area contributed by atoms with Crippen LogP contribution in [0, 0.1) is 0 Å². The minimum absolute atomic E-state index is 0.214. The van der Waals surface area contributed by atoms with Crippen LogP contribution >= 0.6 is 0 Å². The van der Waals surface area contributed by atoms with Crippen LogP contribution in [0.2, 0.25) is 0 Å². The SMILES string of the molecule is CCOC(C)CNCC(O)CN(CC)CC. The number of hydrogen-bond acceptors (Lipinski definition) is 4. The van der Waals surface area contributed by atoms with Gasteiger partial charge in [0.1, 0.15) is 0 Å². The third-order valence-corrected chi connectivity index (χ3v) is 2.63. The van der Waals surface area contributed by atoms with E-state index in [1.165, 1.54) is 0 Å². The van der Waals surface area contributed by atoms with Gasteiger partial charge in [-0.05, 0) is 26.9 Å². The van der Waals surface area contributed by atoms with Crippen molar-refractivity contribution in [3.05, 3.63) is 0 Å². The van der Waals surface area contributed by atoms with Crippen molar-refractivity contribution in [2.75, 3.05) is 39.3 Å². The molecule has 0 saturated carbocycles. The van der Waals surface area contributed by atoms with Gasteiger partial charge in [0.05, 0.1) is 12.2 Å². The molecular weight excluding hydrogens is 204 g/mol. The lowest BCUT2D eigenvalue weighted by atomic mass is 10.3. The molecule has 0 aliphatic rings. The Morgan fingerprint density at radius 1 is 1.19 bits per heavy atom. The first-order valence-corrected chi connectivity index (χ1v) is 6.36. The van der Waals surface area contributed by atoms with Crippen LogP contribution in [0.15, 0.2) is 0 Å². The molecule has 0 aliphatic heterocycles. The van der Waals surface area contributed by atoms with E-state index < -0.39 is 0 Å². The average Bonchev–Trinajstić information content (AvgIpc) is 2.26. The second kappa shape index (κ2) is 10.0. The van der Waals surface area contributed by atoms with Crippen LogP contribution in [0.25, 0.3) is 0 Å². The van der Waals surface area contributed by atoms with E-state index >= 15 is 0 Å². The number of aliphatic hydroxyl groups excluding tert-OH is 1. The number of nitrogens with one attached hydrogen (secondary N) is 1. The van der Waals surface area contributed by atoms with Gasteiger partial charge in [-0.1, -0.05) is 13.8 Å². The normalized spacial score (nSPS) is 15.4. The average molecular weight is 232 g/mol. The van der Waals surface area contributed by atoms with Gasteiger partial charge < -0.3 is 20.1 Å². The standard InChI is InChI=1S/C12H28N2O2/c1-5-14(6-2)10-12(15)9-13-8-11(4)16-7-3/h11-13,15H,5-10H2,1-4H3. The van der Waals surface area contributed by atoms with Crippen molar-refractivity contribution in [3.63, 3.8) is 0 Å². The van der Waals surface area contributed by atoms with Crippen molar-refractivity contribution in [3.8, 4) is 0 Å². The first-order chi connectivity index (χ1) is 7.63. The Morgan fingerprint density at radius 3 is 2.31 bits per heavy atom. The lowest BCUT2D eigenvalue weighted by Gasteiger charge is -2.22. The monoisotopic (exact) mass is 232 g/mol. The topological polar surface area (TPSA) is 44.7 Å². The molecule has 0 aromatic heterocycles. The third kappa shape index (κ3) is 8.05. The zero-order chi connectivity index (χ0) is 12.4. The number of nitrogens with zero attached hydrogens (tertiary/aromatic N) is 1. The summed E-state index contributed by atoms with van der Waals surface area (Å²) in [5, 5.41) is 13.0. The quantitative estimate of drug-likeness (QED) is 0.582. The molecule has 0 aromatic carbocycles. The molecule has 0 bridgehead atoms. The predicted molar refractivity (Wildman–Crippen MR) is 67.8 cm³/mol. The van der Waals surface area contributed by atoms with Crippen molar-refractivity contribution in [1.29, 1.82) is 0 Å². The minimum atomic E-state index is -0.297. The lowest BCUT2D eigenvalue weighted by molar-refractivity contribution is 0.0690. The van der Waals surface area contributed by atoms with Crippen LogP contribution in [0.4, 0.5) is 0 Å². The Bertz CT molecular complexity index is 152. The van der Waals surface area contributed by atoms with E-state index in [1.807, 2.05) is 13.8 Å². The predicted octanol–water partition coefficient (Wildman–Crippen LogP) is 0.704. The van der Waals surface area contributed by atoms with E-state index in [0.29, 0.717) is 6.54 Å². The fraction of sp³-hybridized carbons (Fsp3) is 1.00. The van der Waals surface area contributed by atoms with Crippen molar-refractivity contribution in [1.82, 2.24) is 10.2 Å². The van der Waals surface area contributed by atoms with Gasteiger partial charge in [-0.2, -0.15) is 0 Å². The van der Waals surface area contributed by atoms with E-state index in [-0.39, 0.29) is 12.2 Å². The maximum atomic E-state index is 9.78. The van der Waals surface area contributed by atoms with Crippen LogP contribution in [-0.2, 0) is 4.74 Å². The zero-order valence-corrected chi connectivity index (χ0v) is 11.2. The van der Waals surface area contributed by atoms with Gasteiger partial charge in [-0.3, -0.25) is 0 Å². The second-order valence-electron chi connectivity index (χ2n) is 4.06. The van der Waals surface area contributed by atoms with Gasteiger partial charge in [0.15, 0.2) is 0 Å². The second-order valence-corrected chi connectivity index (χ2v) is 4.06. The zero-order valence-electron chi connectivity index (χ0n) is 11.2. The third-order valence-electron chi connectivity index (χ3n) is 2.63. The Hall–Kier alpha value is -0.160. The molecule has 16 heavy (non-hydrogen) atoms. The summed E-state index contributed by atoms with van der Waals surface area (Å²) in [6.45, 7) is 13.1. The molecule has 0 amide bonds. The van der Waals surface area contributed by atoms with Crippen LogP contribution in [0.1, 0.15) is 27.7 Å². The molecule has 2 unspecified atom stereocenters. The highest BCUT2D eigenvalue weighted by Crippen LogP contribution is 1.92. The first kappa shape index (κ1) is 15.8. The molecular formula is C12H28N2O2. The molecule has 0 rings (SSSR count). The molecule has 0 spiro atoms. The highest BCUT2D eigenvalue weighted by molar-refractivity contribution is 4.66. The van der Waals surface area contributed by atoms with Crippen LogP contribution in [0.5, 0.6) is 0 Å². The fourth-order valence-corrected chi connectivity index (χ4v) is 1.64. The Kier molecular flexibility index (Phi) is 9.92. The smallest absolute Gasteiger partial charge is 0.0791 e. The molecule has 2 N–H and O–H groups in total. The Labute approximate surface area is 100.0 Å². The minimum Gasteiger partial charge on any atom is -0.390 e. The van der Waals surface area contributed by atoms with E-state index in [0.717, 1.165) is 32.8 Å². The van der Waals surface area contributed by atoms with Crippen molar-refractivity contribution in [2.24, 2.45) is 0 Å². The summed E-state index contributed by atoms with van der Waals surface area (Å²) in [5.74, 6) is 0. The number of aliphatic hydroxyl groups is 1.